The van der Waals surface area contributed by atoms with Gasteiger partial charge in [-0.25, -0.2) is 4.98 Å². The summed E-state index contributed by atoms with van der Waals surface area (Å²) in [5.74, 6) is 0.386. The second-order valence-electron chi connectivity index (χ2n) is 1.72. The minimum atomic E-state index is -1.01. The summed E-state index contributed by atoms with van der Waals surface area (Å²) in [6.07, 6.45) is 1.63. The molecule has 0 aliphatic carbocycles. The van der Waals surface area contributed by atoms with E-state index in [2.05, 4.69) is 11.9 Å². The summed E-state index contributed by atoms with van der Waals surface area (Å²) in [4.78, 5) is 3.91. The molecular formula is C7H8NOS. The van der Waals surface area contributed by atoms with E-state index >= 15 is 0 Å². The second-order valence-corrected chi connectivity index (χ2v) is 3.24. The van der Waals surface area contributed by atoms with E-state index in [1.165, 1.54) is 0 Å². The van der Waals surface area contributed by atoms with Crippen LogP contribution < -0.4 is 0 Å². The smallest absolute Gasteiger partial charge is 0.244 e. The van der Waals surface area contributed by atoms with E-state index < -0.39 is 11.2 Å². The predicted molar refractivity (Wildman–Crippen MR) is 40.9 cm³/mol. The van der Waals surface area contributed by atoms with Crippen LogP contribution in [0.15, 0.2) is 29.4 Å². The molecule has 0 aromatic carbocycles. The first kappa shape index (κ1) is 7.57. The summed E-state index contributed by atoms with van der Waals surface area (Å²) in [7, 11) is 0. The lowest BCUT2D eigenvalue weighted by molar-refractivity contribution is 0.594. The van der Waals surface area contributed by atoms with Crippen molar-refractivity contribution >= 4 is 11.2 Å². The normalized spacial score (nSPS) is 13.0. The first-order valence-corrected chi connectivity index (χ1v) is 4.25. The van der Waals surface area contributed by atoms with Gasteiger partial charge in [-0.1, -0.05) is 6.07 Å². The number of pyridine rings is 1. The standard InChI is InChI=1S/C7H8NOS/c1-2-10(9)7-5-3-4-6-8-7/h3-6H,1-2H2. The molecule has 53 valence electrons. The van der Waals surface area contributed by atoms with Gasteiger partial charge in [0.15, 0.2) is 0 Å². The number of aromatic nitrogens is 1. The third-order valence-corrected chi connectivity index (χ3v) is 2.14. The number of hydrogen-bond donors (Lipinski definition) is 0. The van der Waals surface area contributed by atoms with Crippen molar-refractivity contribution in [2.45, 2.75) is 5.03 Å². The van der Waals surface area contributed by atoms with Gasteiger partial charge in [-0.15, -0.1) is 0 Å². The van der Waals surface area contributed by atoms with Crippen molar-refractivity contribution < 1.29 is 4.55 Å². The minimum Gasteiger partial charge on any atom is -0.610 e. The van der Waals surface area contributed by atoms with Crippen LogP contribution in [-0.2, 0) is 11.2 Å². The topological polar surface area (TPSA) is 36.0 Å². The third kappa shape index (κ3) is 1.72. The molecule has 0 aliphatic rings. The molecule has 1 heterocycles. The molecule has 0 amide bonds. The van der Waals surface area contributed by atoms with Gasteiger partial charge in [0.25, 0.3) is 0 Å². The summed E-state index contributed by atoms with van der Waals surface area (Å²) < 4.78 is 11.0. The zero-order valence-electron chi connectivity index (χ0n) is 5.49. The highest BCUT2D eigenvalue weighted by molar-refractivity contribution is 7.91. The third-order valence-electron chi connectivity index (χ3n) is 1.06. The Labute approximate surface area is 63.5 Å². The molecule has 0 N–H and O–H groups in total. The average molecular weight is 154 g/mol. The largest absolute Gasteiger partial charge is 0.610 e. The molecule has 2 nitrogen and oxygen atoms in total. The molecule has 0 aliphatic heterocycles. The Hall–Kier alpha value is -0.540. The van der Waals surface area contributed by atoms with Crippen LogP contribution in [0.3, 0.4) is 0 Å². The van der Waals surface area contributed by atoms with Gasteiger partial charge in [0.05, 0.1) is 0 Å². The van der Waals surface area contributed by atoms with Crippen LogP contribution in [0.2, 0.25) is 0 Å². The van der Waals surface area contributed by atoms with Crippen molar-refractivity contribution in [2.24, 2.45) is 0 Å². The zero-order chi connectivity index (χ0) is 7.40. The van der Waals surface area contributed by atoms with Gasteiger partial charge < -0.3 is 4.55 Å². The molecule has 1 aromatic heterocycles. The van der Waals surface area contributed by atoms with Gasteiger partial charge in [-0.3, -0.25) is 0 Å². The maximum absolute atomic E-state index is 11.0. The molecule has 1 aromatic rings. The van der Waals surface area contributed by atoms with Gasteiger partial charge in [0.1, 0.15) is 5.75 Å². The fourth-order valence-corrected chi connectivity index (χ4v) is 1.20. The molecule has 0 bridgehead atoms. The Morgan fingerprint density at radius 1 is 1.60 bits per heavy atom. The molecule has 0 saturated carbocycles. The SMILES string of the molecule is [CH2]C[S+]([O-])c1ccccn1. The lowest BCUT2D eigenvalue weighted by atomic mass is 10.5. The summed E-state index contributed by atoms with van der Waals surface area (Å²) in [5.41, 5.74) is 0. The number of hydrogen-bond acceptors (Lipinski definition) is 2. The molecule has 0 spiro atoms. The van der Waals surface area contributed by atoms with Crippen LogP contribution in [0.1, 0.15) is 0 Å². The Bertz CT molecular complexity index is 190. The monoisotopic (exact) mass is 154 g/mol. The average Bonchev–Trinajstić information content (AvgIpc) is 2.05. The fraction of sp³-hybridized carbons (Fsp3) is 0.143. The van der Waals surface area contributed by atoms with Crippen LogP contribution in [-0.4, -0.2) is 15.3 Å². The van der Waals surface area contributed by atoms with Gasteiger partial charge in [-0.05, 0) is 13.0 Å². The van der Waals surface area contributed by atoms with E-state index in [0.717, 1.165) is 0 Å². The zero-order valence-corrected chi connectivity index (χ0v) is 6.30. The van der Waals surface area contributed by atoms with Crippen molar-refractivity contribution in [3.05, 3.63) is 31.3 Å². The lowest BCUT2D eigenvalue weighted by Crippen LogP contribution is -2.05. The summed E-state index contributed by atoms with van der Waals surface area (Å²) in [6.45, 7) is 3.52. The van der Waals surface area contributed by atoms with Gasteiger partial charge >= 0.3 is 0 Å². The Morgan fingerprint density at radius 3 is 2.90 bits per heavy atom. The maximum Gasteiger partial charge on any atom is 0.244 e. The summed E-state index contributed by atoms with van der Waals surface area (Å²) in [6, 6.07) is 5.35. The molecule has 3 heteroatoms. The highest BCUT2D eigenvalue weighted by Gasteiger charge is 2.06. The molecule has 0 saturated heterocycles. The molecule has 1 rings (SSSR count). The van der Waals surface area contributed by atoms with E-state index in [0.29, 0.717) is 10.8 Å². The van der Waals surface area contributed by atoms with Gasteiger partial charge in [0, 0.05) is 23.4 Å². The summed E-state index contributed by atoms with van der Waals surface area (Å²) >= 11 is -1.01. The van der Waals surface area contributed by atoms with Crippen molar-refractivity contribution in [2.75, 3.05) is 5.75 Å². The van der Waals surface area contributed by atoms with E-state index in [9.17, 15) is 4.55 Å². The van der Waals surface area contributed by atoms with Gasteiger partial charge in [-0.2, -0.15) is 0 Å². The maximum atomic E-state index is 11.0. The molecule has 1 atom stereocenters. The number of nitrogens with zero attached hydrogens (tertiary/aromatic N) is 1. The van der Waals surface area contributed by atoms with Crippen LogP contribution >= 0.6 is 0 Å². The Balaban J connectivity index is 2.75. The van der Waals surface area contributed by atoms with Crippen molar-refractivity contribution in [1.82, 2.24) is 4.98 Å². The van der Waals surface area contributed by atoms with Gasteiger partial charge in [0.2, 0.25) is 5.03 Å². The molecule has 1 radical (unpaired) electrons. The minimum absolute atomic E-state index is 0.386. The van der Waals surface area contributed by atoms with Crippen LogP contribution in [0.25, 0.3) is 0 Å². The fourth-order valence-electron chi connectivity index (χ4n) is 0.586. The molecule has 1 unspecified atom stereocenters. The van der Waals surface area contributed by atoms with Crippen LogP contribution in [0, 0.1) is 6.92 Å². The first-order chi connectivity index (χ1) is 4.84. The molecule has 0 fully saturated rings. The van der Waals surface area contributed by atoms with E-state index in [1.807, 2.05) is 6.07 Å². The first-order valence-electron chi connectivity index (χ1n) is 2.93. The lowest BCUT2D eigenvalue weighted by Gasteiger charge is -2.04. The van der Waals surface area contributed by atoms with Crippen molar-refractivity contribution in [1.29, 1.82) is 0 Å². The van der Waals surface area contributed by atoms with Crippen molar-refractivity contribution in [3.8, 4) is 0 Å². The second kappa shape index (κ2) is 3.58. The number of rotatable bonds is 2. The van der Waals surface area contributed by atoms with E-state index in [4.69, 9.17) is 0 Å². The van der Waals surface area contributed by atoms with Crippen LogP contribution in [0.4, 0.5) is 0 Å². The summed E-state index contributed by atoms with van der Waals surface area (Å²) in [5, 5.41) is 0.609. The predicted octanol–water partition coefficient (Wildman–Crippen LogP) is 1.02. The Morgan fingerprint density at radius 2 is 2.40 bits per heavy atom. The molecule has 10 heavy (non-hydrogen) atoms. The van der Waals surface area contributed by atoms with E-state index in [1.54, 1.807) is 18.3 Å². The Kier molecular flexibility index (Phi) is 2.71. The highest BCUT2D eigenvalue weighted by atomic mass is 32.2. The van der Waals surface area contributed by atoms with Crippen LogP contribution in [0.5, 0.6) is 0 Å². The van der Waals surface area contributed by atoms with Crippen molar-refractivity contribution in [3.63, 3.8) is 0 Å². The quantitative estimate of drug-likeness (QED) is 0.596. The highest BCUT2D eigenvalue weighted by Crippen LogP contribution is 2.04. The van der Waals surface area contributed by atoms with E-state index in [-0.39, 0.29) is 0 Å². The molecular weight excluding hydrogens is 146 g/mol.